The minimum Gasteiger partial charge on any atom is -0.410 e. The fourth-order valence-electron chi connectivity index (χ4n) is 6.97. The van der Waals surface area contributed by atoms with E-state index in [9.17, 15) is 19.7 Å². The predicted octanol–water partition coefficient (Wildman–Crippen LogP) is 7.90. The highest BCUT2D eigenvalue weighted by atomic mass is 16.6. The molecule has 4 aromatic carbocycles. The number of likely N-dealkylation sites (tertiary alicyclic amines) is 1. The monoisotopic (exact) mass is 742 g/mol. The lowest BCUT2D eigenvalue weighted by atomic mass is 9.92. The summed E-state index contributed by atoms with van der Waals surface area (Å²) in [6.45, 7) is 7.45. The van der Waals surface area contributed by atoms with E-state index in [4.69, 9.17) is 9.72 Å². The average molecular weight is 743 g/mol. The Bertz CT molecular complexity index is 2330. The molecule has 7 rings (SSSR count). The van der Waals surface area contributed by atoms with Crippen molar-refractivity contribution < 1.29 is 19.2 Å². The molecular formula is C40H42N10O5. The van der Waals surface area contributed by atoms with Crippen molar-refractivity contribution in [2.24, 2.45) is 5.92 Å². The molecule has 3 N–H and O–H groups in total. The third-order valence-electron chi connectivity index (χ3n) is 9.95. The van der Waals surface area contributed by atoms with E-state index in [0.717, 1.165) is 46.0 Å². The van der Waals surface area contributed by atoms with Crippen molar-refractivity contribution in [2.45, 2.75) is 45.8 Å². The minimum atomic E-state index is -0.590. The Morgan fingerprint density at radius 3 is 2.60 bits per heavy atom. The van der Waals surface area contributed by atoms with Crippen molar-refractivity contribution in [1.82, 2.24) is 29.3 Å². The van der Waals surface area contributed by atoms with E-state index in [-0.39, 0.29) is 29.4 Å². The summed E-state index contributed by atoms with van der Waals surface area (Å²) in [5.41, 5.74) is 3.02. The molecule has 0 saturated carbocycles. The SMILES string of the molecule is CCN(C(=O)Oc1ccc([N+](=O)[O-])cc1)C(C)Nc1ccc2c(c1)ncn2-c1ccnc(NC(C)C2CCCN(C(=O)Nc3cccc4ccccc34)C2)n1. The van der Waals surface area contributed by atoms with Gasteiger partial charge in [-0.3, -0.25) is 19.6 Å². The summed E-state index contributed by atoms with van der Waals surface area (Å²) < 4.78 is 7.36. The molecule has 0 aliphatic carbocycles. The number of nitro groups is 1. The van der Waals surface area contributed by atoms with Crippen LogP contribution in [0.3, 0.4) is 0 Å². The third-order valence-corrected chi connectivity index (χ3v) is 9.95. The Kier molecular flexibility index (Phi) is 10.7. The zero-order valence-corrected chi connectivity index (χ0v) is 30.8. The molecule has 0 radical (unpaired) electrons. The molecule has 1 aliphatic rings. The van der Waals surface area contributed by atoms with Crippen LogP contribution in [0, 0.1) is 16.0 Å². The third kappa shape index (κ3) is 8.25. The number of anilines is 3. The van der Waals surface area contributed by atoms with Crippen molar-refractivity contribution in [3.05, 3.63) is 114 Å². The molecule has 0 spiro atoms. The largest absolute Gasteiger partial charge is 0.416 e. The fourth-order valence-corrected chi connectivity index (χ4v) is 6.97. The highest BCUT2D eigenvalue weighted by Crippen LogP contribution is 2.27. The summed E-state index contributed by atoms with van der Waals surface area (Å²) in [6, 6.07) is 26.8. The summed E-state index contributed by atoms with van der Waals surface area (Å²) in [6.07, 6.45) is 4.26. The highest BCUT2D eigenvalue weighted by molar-refractivity contribution is 6.01. The number of hydrogen-bond donors (Lipinski definition) is 3. The van der Waals surface area contributed by atoms with Gasteiger partial charge < -0.3 is 25.6 Å². The van der Waals surface area contributed by atoms with Gasteiger partial charge in [0.25, 0.3) is 5.69 Å². The molecule has 6 aromatic rings. The maximum Gasteiger partial charge on any atom is 0.416 e. The van der Waals surface area contributed by atoms with Gasteiger partial charge in [-0.15, -0.1) is 0 Å². The van der Waals surface area contributed by atoms with Crippen LogP contribution in [-0.4, -0.2) is 78.2 Å². The van der Waals surface area contributed by atoms with Crippen molar-refractivity contribution in [3.8, 4) is 11.6 Å². The number of piperidine rings is 1. The standard InChI is InChI=1S/C40H42N10O5/c1-4-48(40(52)55-32-17-15-31(16-18-32)50(53)54)27(3)44-30-14-19-36-35(23-30)42-25-49(36)37-20-21-41-38(46-37)43-26(2)29-11-8-22-47(24-29)39(51)45-34-13-7-10-28-9-5-6-12-33(28)34/h5-7,9-10,12-21,23,25-27,29,44H,4,8,11,22,24H2,1-3H3,(H,45,51)(H,41,43,46). The van der Waals surface area contributed by atoms with Crippen LogP contribution in [0.25, 0.3) is 27.6 Å². The number of amides is 3. The lowest BCUT2D eigenvalue weighted by molar-refractivity contribution is -0.384. The first kappa shape index (κ1) is 36.6. The number of non-ortho nitro benzene ring substituents is 1. The lowest BCUT2D eigenvalue weighted by Crippen LogP contribution is -2.46. The van der Waals surface area contributed by atoms with Gasteiger partial charge in [0.2, 0.25) is 5.95 Å². The summed E-state index contributed by atoms with van der Waals surface area (Å²) in [5.74, 6) is 1.54. The van der Waals surface area contributed by atoms with Crippen molar-refractivity contribution in [1.29, 1.82) is 0 Å². The number of nitro benzene ring substituents is 1. The number of aromatic nitrogens is 4. The number of benzene rings is 4. The van der Waals surface area contributed by atoms with Gasteiger partial charge in [0.15, 0.2) is 0 Å². The highest BCUT2D eigenvalue weighted by Gasteiger charge is 2.28. The van der Waals surface area contributed by atoms with Gasteiger partial charge in [0.1, 0.15) is 24.1 Å². The molecule has 3 amide bonds. The number of nitrogens with one attached hydrogen (secondary N) is 3. The second-order valence-electron chi connectivity index (χ2n) is 13.5. The van der Waals surface area contributed by atoms with E-state index in [1.165, 1.54) is 29.2 Å². The molecule has 3 heterocycles. The predicted molar refractivity (Wildman–Crippen MR) is 212 cm³/mol. The number of carbonyl (C=O) groups is 2. The first-order valence-electron chi connectivity index (χ1n) is 18.3. The Hall–Kier alpha value is -6.77. The first-order valence-corrected chi connectivity index (χ1v) is 18.3. The maximum atomic E-state index is 13.4. The molecule has 0 bridgehead atoms. The first-order chi connectivity index (χ1) is 26.7. The second kappa shape index (κ2) is 16.1. The molecule has 15 nitrogen and oxygen atoms in total. The summed E-state index contributed by atoms with van der Waals surface area (Å²) in [4.78, 5) is 54.1. The zero-order valence-electron chi connectivity index (χ0n) is 30.8. The number of urea groups is 1. The van der Waals surface area contributed by atoms with Crippen molar-refractivity contribution in [2.75, 3.05) is 35.6 Å². The van der Waals surface area contributed by atoms with Gasteiger partial charge in [-0.05, 0) is 87.4 Å². The zero-order chi connectivity index (χ0) is 38.5. The second-order valence-corrected chi connectivity index (χ2v) is 13.5. The number of fused-ring (bicyclic) bond motifs is 2. The van der Waals surface area contributed by atoms with Gasteiger partial charge >= 0.3 is 12.1 Å². The van der Waals surface area contributed by atoms with Crippen LogP contribution < -0.4 is 20.7 Å². The quantitative estimate of drug-likeness (QED) is 0.0673. The minimum absolute atomic E-state index is 0.00709. The van der Waals surface area contributed by atoms with Gasteiger partial charge in [0, 0.05) is 55.1 Å². The van der Waals surface area contributed by atoms with Crippen LogP contribution in [0.1, 0.15) is 33.6 Å². The Balaban J connectivity index is 0.971. The Labute approximate surface area is 317 Å². The summed E-state index contributed by atoms with van der Waals surface area (Å²) in [5, 5.41) is 23.0. The van der Waals surface area contributed by atoms with Gasteiger partial charge in [-0.2, -0.15) is 4.98 Å². The number of rotatable bonds is 11. The molecule has 1 fully saturated rings. The molecular weight excluding hydrogens is 701 g/mol. The van der Waals surface area contributed by atoms with Crippen LogP contribution >= 0.6 is 0 Å². The van der Waals surface area contributed by atoms with Crippen molar-refractivity contribution in [3.63, 3.8) is 0 Å². The Morgan fingerprint density at radius 1 is 1.00 bits per heavy atom. The molecule has 15 heteroatoms. The van der Waals surface area contributed by atoms with E-state index in [2.05, 4.69) is 32.8 Å². The summed E-state index contributed by atoms with van der Waals surface area (Å²) in [7, 11) is 0. The number of imidazole rings is 1. The van der Waals surface area contributed by atoms with E-state index >= 15 is 0 Å². The normalized spacial score (nSPS) is 15.3. The van der Waals surface area contributed by atoms with E-state index in [1.807, 2.05) is 90.0 Å². The number of nitrogens with zero attached hydrogens (tertiary/aromatic N) is 7. The average Bonchev–Trinajstić information content (AvgIpc) is 3.62. The van der Waals surface area contributed by atoms with Gasteiger partial charge in [-0.25, -0.2) is 19.6 Å². The van der Waals surface area contributed by atoms with E-state index < -0.39 is 17.2 Å². The van der Waals surface area contributed by atoms with Gasteiger partial charge in [-0.1, -0.05) is 36.4 Å². The topological polar surface area (TPSA) is 173 Å². The summed E-state index contributed by atoms with van der Waals surface area (Å²) >= 11 is 0. The van der Waals surface area contributed by atoms with Gasteiger partial charge in [0.05, 0.1) is 21.6 Å². The van der Waals surface area contributed by atoms with Crippen LogP contribution in [0.5, 0.6) is 5.75 Å². The van der Waals surface area contributed by atoms with E-state index in [1.54, 1.807) is 12.5 Å². The van der Waals surface area contributed by atoms with Crippen molar-refractivity contribution >= 4 is 56.9 Å². The van der Waals surface area contributed by atoms with Crippen LogP contribution in [-0.2, 0) is 0 Å². The van der Waals surface area contributed by atoms with Crippen LogP contribution in [0.2, 0.25) is 0 Å². The molecule has 2 aromatic heterocycles. The lowest BCUT2D eigenvalue weighted by Gasteiger charge is -2.36. The number of ether oxygens (including phenoxy) is 1. The number of hydrogen-bond acceptors (Lipinski definition) is 10. The molecule has 282 valence electrons. The Morgan fingerprint density at radius 2 is 1.80 bits per heavy atom. The molecule has 3 unspecified atom stereocenters. The molecule has 1 aliphatic heterocycles. The molecule has 55 heavy (non-hydrogen) atoms. The fraction of sp³-hybridized carbons (Fsp3) is 0.275. The maximum absolute atomic E-state index is 13.4. The molecule has 3 atom stereocenters. The molecule has 1 saturated heterocycles. The van der Waals surface area contributed by atoms with Crippen LogP contribution in [0.4, 0.5) is 32.6 Å². The number of carbonyl (C=O) groups excluding carboxylic acids is 2. The smallest absolute Gasteiger partial charge is 0.410 e. The van der Waals surface area contributed by atoms with Crippen LogP contribution in [0.15, 0.2) is 104 Å². The van der Waals surface area contributed by atoms with E-state index in [0.29, 0.717) is 31.4 Å².